The molecule has 0 spiro atoms. The third-order valence-electron chi connectivity index (χ3n) is 3.63. The average molecular weight is 405 g/mol. The van der Waals surface area contributed by atoms with E-state index in [1.807, 2.05) is 38.1 Å². The maximum absolute atomic E-state index is 12.5. The maximum atomic E-state index is 12.5. The predicted molar refractivity (Wildman–Crippen MR) is 93.7 cm³/mol. The number of nitrogens with one attached hydrogen (secondary N) is 1. The zero-order valence-electron chi connectivity index (χ0n) is 14.0. The van der Waals surface area contributed by atoms with E-state index in [1.165, 1.54) is 0 Å². The summed E-state index contributed by atoms with van der Waals surface area (Å²) in [5, 5.41) is 10.5. The van der Waals surface area contributed by atoms with Gasteiger partial charge in [-0.25, -0.2) is 0 Å². The van der Waals surface area contributed by atoms with E-state index in [1.54, 1.807) is 13.0 Å². The van der Waals surface area contributed by atoms with Crippen LogP contribution < -0.4 is 5.32 Å². The van der Waals surface area contributed by atoms with Gasteiger partial charge in [-0.3, -0.25) is 4.79 Å². The van der Waals surface area contributed by atoms with Crippen LogP contribution in [0.15, 0.2) is 43.9 Å². The van der Waals surface area contributed by atoms with Gasteiger partial charge in [-0.1, -0.05) is 52.2 Å². The molecule has 3 rings (SSSR count). The molecular formula is C17H17BrN4O3. The van der Waals surface area contributed by atoms with Crippen molar-refractivity contribution in [1.82, 2.24) is 20.6 Å². The first-order valence-electron chi connectivity index (χ1n) is 7.78. The molecule has 0 saturated heterocycles. The van der Waals surface area contributed by atoms with Crippen molar-refractivity contribution in [2.24, 2.45) is 5.92 Å². The summed E-state index contributed by atoms with van der Waals surface area (Å²) in [6.07, 6.45) is 0. The number of rotatable bonds is 5. The van der Waals surface area contributed by atoms with Gasteiger partial charge in [0.1, 0.15) is 6.04 Å². The van der Waals surface area contributed by atoms with Crippen molar-refractivity contribution in [3.05, 3.63) is 52.2 Å². The molecule has 8 heteroatoms. The highest BCUT2D eigenvalue weighted by atomic mass is 79.9. The lowest BCUT2D eigenvalue weighted by atomic mass is 10.0. The van der Waals surface area contributed by atoms with Crippen LogP contribution in [0.3, 0.4) is 0 Å². The highest BCUT2D eigenvalue weighted by Crippen LogP contribution is 2.24. The van der Waals surface area contributed by atoms with Crippen LogP contribution in [0.2, 0.25) is 0 Å². The Morgan fingerprint density at radius 2 is 1.88 bits per heavy atom. The Balaban J connectivity index is 1.77. The van der Waals surface area contributed by atoms with Crippen molar-refractivity contribution >= 4 is 21.8 Å². The van der Waals surface area contributed by atoms with Gasteiger partial charge < -0.3 is 14.4 Å². The van der Waals surface area contributed by atoms with Crippen LogP contribution in [-0.2, 0) is 0 Å². The zero-order chi connectivity index (χ0) is 18.0. The molecule has 2 heterocycles. The fourth-order valence-corrected chi connectivity index (χ4v) is 2.56. The number of hydrogen-bond acceptors (Lipinski definition) is 6. The van der Waals surface area contributed by atoms with Crippen LogP contribution in [0, 0.1) is 12.8 Å². The summed E-state index contributed by atoms with van der Waals surface area (Å²) >= 11 is 3.38. The number of carbonyl (C=O) groups excluding carboxylic acids is 1. The first-order valence-corrected chi connectivity index (χ1v) is 8.57. The van der Waals surface area contributed by atoms with Crippen molar-refractivity contribution in [1.29, 1.82) is 0 Å². The van der Waals surface area contributed by atoms with Crippen LogP contribution in [0.1, 0.15) is 42.1 Å². The molecule has 130 valence electrons. The van der Waals surface area contributed by atoms with Gasteiger partial charge in [0, 0.05) is 16.1 Å². The monoisotopic (exact) mass is 404 g/mol. The average Bonchev–Trinajstić information content (AvgIpc) is 3.22. The molecule has 1 aromatic carbocycles. The van der Waals surface area contributed by atoms with Gasteiger partial charge in [0.25, 0.3) is 5.91 Å². The van der Waals surface area contributed by atoms with Crippen LogP contribution in [0.4, 0.5) is 0 Å². The van der Waals surface area contributed by atoms with Crippen molar-refractivity contribution in [2.45, 2.75) is 26.8 Å². The molecule has 1 amide bonds. The Hall–Kier alpha value is -2.48. The van der Waals surface area contributed by atoms with E-state index >= 15 is 0 Å². The summed E-state index contributed by atoms with van der Waals surface area (Å²) in [6.45, 7) is 5.65. The lowest BCUT2D eigenvalue weighted by molar-refractivity contribution is 0.0904. The number of hydrogen-bond donors (Lipinski definition) is 1. The van der Waals surface area contributed by atoms with E-state index in [0.29, 0.717) is 17.5 Å². The van der Waals surface area contributed by atoms with Crippen LogP contribution in [-0.4, -0.2) is 21.2 Å². The molecule has 0 unspecified atom stereocenters. The highest BCUT2D eigenvalue weighted by Gasteiger charge is 2.26. The van der Waals surface area contributed by atoms with Crippen LogP contribution >= 0.6 is 15.9 Å². The van der Waals surface area contributed by atoms with Gasteiger partial charge in [0.05, 0.1) is 0 Å². The quantitative estimate of drug-likeness (QED) is 0.692. The Labute approximate surface area is 152 Å². The number of nitrogens with zero attached hydrogens (tertiary/aromatic N) is 3. The molecule has 0 fully saturated rings. The van der Waals surface area contributed by atoms with Crippen molar-refractivity contribution < 1.29 is 13.8 Å². The van der Waals surface area contributed by atoms with Crippen LogP contribution in [0.25, 0.3) is 11.3 Å². The second-order valence-electron chi connectivity index (χ2n) is 5.96. The van der Waals surface area contributed by atoms with E-state index in [2.05, 4.69) is 36.5 Å². The highest BCUT2D eigenvalue weighted by molar-refractivity contribution is 9.10. The standard InChI is InChI=1S/C17H17BrN4O3/c1-9(2)15(17-19-10(3)21-25-17)20-16(23)13-8-14(24-22-13)11-4-6-12(18)7-5-11/h4-9,15H,1-3H3,(H,20,23)/t15-/m0/s1. The number of halogens is 1. The lowest BCUT2D eigenvalue weighted by Crippen LogP contribution is -2.32. The fraction of sp³-hybridized carbons (Fsp3) is 0.294. The first-order chi connectivity index (χ1) is 11.9. The minimum absolute atomic E-state index is 0.0710. The molecular weight excluding hydrogens is 388 g/mol. The summed E-state index contributed by atoms with van der Waals surface area (Å²) in [4.78, 5) is 16.7. The summed E-state index contributed by atoms with van der Waals surface area (Å²) in [5.74, 6) is 1.13. The molecule has 1 atom stereocenters. The molecule has 3 aromatic rings. The van der Waals surface area contributed by atoms with E-state index in [-0.39, 0.29) is 17.5 Å². The molecule has 0 saturated carbocycles. The third kappa shape index (κ3) is 3.96. The molecule has 0 aliphatic carbocycles. The maximum Gasteiger partial charge on any atom is 0.274 e. The Morgan fingerprint density at radius 1 is 1.16 bits per heavy atom. The van der Waals surface area contributed by atoms with Crippen LogP contribution in [0.5, 0.6) is 0 Å². The topological polar surface area (TPSA) is 94.1 Å². The Bertz CT molecular complexity index is 870. The van der Waals surface area contributed by atoms with E-state index in [9.17, 15) is 4.79 Å². The van der Waals surface area contributed by atoms with Gasteiger partial charge >= 0.3 is 0 Å². The predicted octanol–water partition coefficient (Wildman–Crippen LogP) is 3.92. The first kappa shape index (κ1) is 17.3. The molecule has 7 nitrogen and oxygen atoms in total. The summed E-state index contributed by atoms with van der Waals surface area (Å²) < 4.78 is 11.4. The zero-order valence-corrected chi connectivity index (χ0v) is 15.6. The Morgan fingerprint density at radius 3 is 2.48 bits per heavy atom. The van der Waals surface area contributed by atoms with Gasteiger partial charge in [-0.05, 0) is 25.0 Å². The van der Waals surface area contributed by atoms with E-state index < -0.39 is 6.04 Å². The van der Waals surface area contributed by atoms with Crippen molar-refractivity contribution in [2.75, 3.05) is 0 Å². The number of amides is 1. The van der Waals surface area contributed by atoms with Gasteiger partial charge in [0.15, 0.2) is 17.3 Å². The van der Waals surface area contributed by atoms with Crippen molar-refractivity contribution in [3.8, 4) is 11.3 Å². The molecule has 2 aromatic heterocycles. The SMILES string of the molecule is Cc1noc([C@@H](NC(=O)c2cc(-c3ccc(Br)cc3)on2)C(C)C)n1. The van der Waals surface area contributed by atoms with Crippen molar-refractivity contribution in [3.63, 3.8) is 0 Å². The number of aromatic nitrogens is 3. The summed E-state index contributed by atoms with van der Waals surface area (Å²) in [5.41, 5.74) is 1.03. The molecule has 0 bridgehead atoms. The Kier molecular flexibility index (Phi) is 4.98. The normalized spacial score (nSPS) is 12.4. The number of aryl methyl sites for hydroxylation is 1. The second-order valence-corrected chi connectivity index (χ2v) is 6.87. The summed E-state index contributed by atoms with van der Waals surface area (Å²) in [6, 6.07) is 8.75. The minimum atomic E-state index is -0.401. The molecule has 25 heavy (non-hydrogen) atoms. The number of benzene rings is 1. The van der Waals surface area contributed by atoms with E-state index in [4.69, 9.17) is 9.05 Å². The largest absolute Gasteiger partial charge is 0.355 e. The fourth-order valence-electron chi connectivity index (χ4n) is 2.30. The molecule has 0 aliphatic rings. The second kappa shape index (κ2) is 7.18. The smallest absolute Gasteiger partial charge is 0.274 e. The van der Waals surface area contributed by atoms with E-state index in [0.717, 1.165) is 10.0 Å². The van der Waals surface area contributed by atoms with Gasteiger partial charge in [-0.2, -0.15) is 4.98 Å². The third-order valence-corrected chi connectivity index (χ3v) is 4.16. The van der Waals surface area contributed by atoms with Gasteiger partial charge in [-0.15, -0.1) is 0 Å². The molecule has 0 radical (unpaired) electrons. The molecule has 0 aliphatic heterocycles. The van der Waals surface area contributed by atoms with Gasteiger partial charge in [0.2, 0.25) is 5.89 Å². The molecule has 1 N–H and O–H groups in total. The summed E-state index contributed by atoms with van der Waals surface area (Å²) in [7, 11) is 0. The number of carbonyl (C=O) groups is 1. The minimum Gasteiger partial charge on any atom is -0.355 e. The lowest BCUT2D eigenvalue weighted by Gasteiger charge is -2.17.